The number of benzene rings is 1. The summed E-state index contributed by atoms with van der Waals surface area (Å²) in [5.41, 5.74) is 6.00. The van der Waals surface area contributed by atoms with Gasteiger partial charge in [-0.1, -0.05) is 35.5 Å². The van der Waals surface area contributed by atoms with Crippen LogP contribution in [-0.2, 0) is 11.2 Å². The number of hydrogen-bond donors (Lipinski definition) is 2. The van der Waals surface area contributed by atoms with Crippen molar-refractivity contribution in [3.05, 3.63) is 41.7 Å². The summed E-state index contributed by atoms with van der Waals surface area (Å²) in [5.74, 6) is 0.299. The quantitative estimate of drug-likeness (QED) is 0.803. The minimum absolute atomic E-state index is 0.299. The van der Waals surface area contributed by atoms with E-state index in [1.807, 2.05) is 30.3 Å². The van der Waals surface area contributed by atoms with Gasteiger partial charge in [-0.3, -0.25) is 0 Å². The Morgan fingerprint density at radius 1 is 1.41 bits per heavy atom. The van der Waals surface area contributed by atoms with Crippen LogP contribution >= 0.6 is 0 Å². The number of tetrazole rings is 1. The van der Waals surface area contributed by atoms with Crippen LogP contribution in [0.1, 0.15) is 17.5 Å². The van der Waals surface area contributed by atoms with Crippen LogP contribution in [0, 0.1) is 0 Å². The number of carbonyl (C=O) groups is 1. The van der Waals surface area contributed by atoms with Gasteiger partial charge in [0, 0.05) is 6.42 Å². The highest BCUT2D eigenvalue weighted by Gasteiger charge is 2.20. The number of H-pyrrole nitrogens is 1. The fourth-order valence-electron chi connectivity index (χ4n) is 1.46. The fourth-order valence-corrected chi connectivity index (χ4v) is 1.46. The van der Waals surface area contributed by atoms with Crippen LogP contribution in [-0.4, -0.2) is 26.7 Å². The molecule has 0 fully saturated rings. The van der Waals surface area contributed by atoms with E-state index < -0.39 is 12.2 Å². The summed E-state index contributed by atoms with van der Waals surface area (Å²) in [6.07, 6.45) is -1.05. The minimum Gasteiger partial charge on any atom is -0.438 e. The van der Waals surface area contributed by atoms with Gasteiger partial charge < -0.3 is 10.5 Å². The van der Waals surface area contributed by atoms with Gasteiger partial charge in [0.25, 0.3) is 0 Å². The first-order chi connectivity index (χ1) is 8.25. The van der Waals surface area contributed by atoms with Gasteiger partial charge in [-0.2, -0.15) is 5.21 Å². The van der Waals surface area contributed by atoms with Crippen LogP contribution in [0.3, 0.4) is 0 Å². The Labute approximate surface area is 97.0 Å². The Morgan fingerprint density at radius 3 is 2.76 bits per heavy atom. The van der Waals surface area contributed by atoms with Crippen LogP contribution in [0.4, 0.5) is 4.79 Å². The van der Waals surface area contributed by atoms with Gasteiger partial charge in [-0.25, -0.2) is 4.79 Å². The molecule has 0 aliphatic carbocycles. The zero-order valence-electron chi connectivity index (χ0n) is 8.91. The van der Waals surface area contributed by atoms with Crippen LogP contribution in [0.5, 0.6) is 0 Å². The highest BCUT2D eigenvalue weighted by atomic mass is 16.6. The summed E-state index contributed by atoms with van der Waals surface area (Å²) in [5, 5.41) is 13.3. The summed E-state index contributed by atoms with van der Waals surface area (Å²) in [6.45, 7) is 0. The first-order valence-corrected chi connectivity index (χ1v) is 4.99. The Kier molecular flexibility index (Phi) is 3.29. The SMILES string of the molecule is NC(=O)OC(Cc1ccccc1)c1nn[nH]n1. The molecule has 0 spiro atoms. The van der Waals surface area contributed by atoms with Gasteiger partial charge in [0.05, 0.1) is 0 Å². The Bertz CT molecular complexity index is 471. The van der Waals surface area contributed by atoms with E-state index in [0.717, 1.165) is 5.56 Å². The van der Waals surface area contributed by atoms with Gasteiger partial charge in [0.1, 0.15) is 0 Å². The molecule has 7 heteroatoms. The fraction of sp³-hybridized carbons (Fsp3) is 0.200. The second-order valence-corrected chi connectivity index (χ2v) is 3.39. The lowest BCUT2D eigenvalue weighted by atomic mass is 10.1. The van der Waals surface area contributed by atoms with Crippen molar-refractivity contribution < 1.29 is 9.53 Å². The molecule has 88 valence electrons. The molecule has 0 saturated heterocycles. The molecule has 0 radical (unpaired) electrons. The highest BCUT2D eigenvalue weighted by molar-refractivity contribution is 5.64. The number of carbonyl (C=O) groups excluding carboxylic acids is 1. The van der Waals surface area contributed by atoms with Crippen molar-refractivity contribution in [3.63, 3.8) is 0 Å². The molecular weight excluding hydrogens is 222 g/mol. The molecule has 1 amide bonds. The molecule has 2 rings (SSSR count). The molecule has 0 aliphatic heterocycles. The summed E-state index contributed by atoms with van der Waals surface area (Å²) < 4.78 is 4.95. The summed E-state index contributed by atoms with van der Waals surface area (Å²) >= 11 is 0. The average molecular weight is 233 g/mol. The first-order valence-electron chi connectivity index (χ1n) is 4.99. The molecule has 1 atom stereocenters. The van der Waals surface area contributed by atoms with E-state index in [9.17, 15) is 4.79 Å². The number of nitrogens with one attached hydrogen (secondary N) is 1. The van der Waals surface area contributed by atoms with Gasteiger partial charge >= 0.3 is 6.09 Å². The van der Waals surface area contributed by atoms with Crippen LogP contribution < -0.4 is 5.73 Å². The van der Waals surface area contributed by atoms with Crippen molar-refractivity contribution >= 4 is 6.09 Å². The second-order valence-electron chi connectivity index (χ2n) is 3.39. The van der Waals surface area contributed by atoms with E-state index in [-0.39, 0.29) is 0 Å². The first kappa shape index (κ1) is 11.1. The maximum absolute atomic E-state index is 10.8. The predicted octanol–water partition coefficient (Wildman–Crippen LogP) is 0.579. The Morgan fingerprint density at radius 2 is 2.18 bits per heavy atom. The maximum Gasteiger partial charge on any atom is 0.405 e. The third-order valence-corrected chi connectivity index (χ3v) is 2.17. The number of aromatic nitrogens is 4. The lowest BCUT2D eigenvalue weighted by molar-refractivity contribution is 0.101. The summed E-state index contributed by atoms with van der Waals surface area (Å²) in [6, 6.07) is 9.52. The Hall–Kier alpha value is -2.44. The van der Waals surface area contributed by atoms with Gasteiger partial charge in [0.15, 0.2) is 6.10 Å². The monoisotopic (exact) mass is 233 g/mol. The number of nitrogens with two attached hydrogens (primary N) is 1. The molecule has 1 heterocycles. The number of rotatable bonds is 4. The molecule has 7 nitrogen and oxygen atoms in total. The molecule has 0 saturated carbocycles. The lowest BCUT2D eigenvalue weighted by Gasteiger charge is -2.12. The zero-order valence-corrected chi connectivity index (χ0v) is 8.91. The molecule has 2 aromatic rings. The van der Waals surface area contributed by atoms with E-state index in [1.165, 1.54) is 0 Å². The Balaban J connectivity index is 2.14. The standard InChI is InChI=1S/C10H11N5O2/c11-10(16)17-8(9-12-14-15-13-9)6-7-4-2-1-3-5-7/h1-5,8H,6H2,(H2,11,16)(H,12,13,14,15). The van der Waals surface area contributed by atoms with Crippen LogP contribution in [0.15, 0.2) is 30.3 Å². The van der Waals surface area contributed by atoms with Crippen LogP contribution in [0.25, 0.3) is 0 Å². The predicted molar refractivity (Wildman–Crippen MR) is 57.7 cm³/mol. The number of nitrogens with zero attached hydrogens (tertiary/aromatic N) is 3. The molecule has 1 unspecified atom stereocenters. The van der Waals surface area contributed by atoms with E-state index >= 15 is 0 Å². The van der Waals surface area contributed by atoms with E-state index in [4.69, 9.17) is 10.5 Å². The third kappa shape index (κ3) is 3.00. The van der Waals surface area contributed by atoms with Crippen molar-refractivity contribution in [3.8, 4) is 0 Å². The second kappa shape index (κ2) is 5.06. The minimum atomic E-state index is -0.865. The number of ether oxygens (including phenoxy) is 1. The van der Waals surface area contributed by atoms with Crippen LogP contribution in [0.2, 0.25) is 0 Å². The molecule has 1 aromatic carbocycles. The van der Waals surface area contributed by atoms with Crippen molar-refractivity contribution in [2.45, 2.75) is 12.5 Å². The lowest BCUT2D eigenvalue weighted by Crippen LogP contribution is -2.20. The topological polar surface area (TPSA) is 107 Å². The smallest absolute Gasteiger partial charge is 0.405 e. The average Bonchev–Trinajstić information content (AvgIpc) is 2.82. The largest absolute Gasteiger partial charge is 0.438 e. The summed E-state index contributed by atoms with van der Waals surface area (Å²) in [4.78, 5) is 10.8. The molecule has 3 N–H and O–H groups in total. The molecular formula is C10H11N5O2. The number of primary amides is 1. The zero-order chi connectivity index (χ0) is 12.1. The molecule has 17 heavy (non-hydrogen) atoms. The summed E-state index contributed by atoms with van der Waals surface area (Å²) in [7, 11) is 0. The normalized spacial score (nSPS) is 12.0. The number of amides is 1. The molecule has 0 aliphatic rings. The van der Waals surface area contributed by atoms with E-state index in [2.05, 4.69) is 20.6 Å². The van der Waals surface area contributed by atoms with Gasteiger partial charge in [0.2, 0.25) is 5.82 Å². The van der Waals surface area contributed by atoms with Crippen molar-refractivity contribution in [1.82, 2.24) is 20.6 Å². The van der Waals surface area contributed by atoms with E-state index in [1.54, 1.807) is 0 Å². The van der Waals surface area contributed by atoms with Crippen molar-refractivity contribution in [2.75, 3.05) is 0 Å². The number of aromatic amines is 1. The highest BCUT2D eigenvalue weighted by Crippen LogP contribution is 2.18. The molecule has 0 bridgehead atoms. The van der Waals surface area contributed by atoms with Crippen molar-refractivity contribution in [2.24, 2.45) is 5.73 Å². The maximum atomic E-state index is 10.8. The van der Waals surface area contributed by atoms with Crippen molar-refractivity contribution in [1.29, 1.82) is 0 Å². The molecule has 1 aromatic heterocycles. The van der Waals surface area contributed by atoms with Gasteiger partial charge in [-0.05, 0) is 5.56 Å². The van der Waals surface area contributed by atoms with E-state index in [0.29, 0.717) is 12.2 Å². The number of hydrogen-bond acceptors (Lipinski definition) is 5. The third-order valence-electron chi connectivity index (χ3n) is 2.17. The van der Waals surface area contributed by atoms with Gasteiger partial charge in [-0.15, -0.1) is 10.2 Å².